The van der Waals surface area contributed by atoms with Crippen LogP contribution in [0.1, 0.15) is 5.56 Å². The first-order valence-corrected chi connectivity index (χ1v) is 8.42. The predicted octanol–water partition coefficient (Wildman–Crippen LogP) is 1.40. The van der Waals surface area contributed by atoms with Gasteiger partial charge in [0.05, 0.1) is 0 Å². The second kappa shape index (κ2) is 6.58. The van der Waals surface area contributed by atoms with Gasteiger partial charge in [0.1, 0.15) is 5.82 Å². The van der Waals surface area contributed by atoms with Crippen molar-refractivity contribution in [2.45, 2.75) is 6.54 Å². The van der Waals surface area contributed by atoms with Crippen LogP contribution in [0, 0.1) is 5.82 Å². The van der Waals surface area contributed by atoms with E-state index in [1.54, 1.807) is 12.1 Å². The minimum Gasteiger partial charge on any atom is -0.296 e. The van der Waals surface area contributed by atoms with Gasteiger partial charge in [0.2, 0.25) is 0 Å². The summed E-state index contributed by atoms with van der Waals surface area (Å²) in [7, 11) is -0.343. The summed E-state index contributed by atoms with van der Waals surface area (Å²) in [6.07, 6.45) is 0. The molecule has 0 aliphatic carbocycles. The molecule has 0 spiro atoms. The molecule has 0 saturated carbocycles. The Labute approximate surface area is 130 Å². The molecule has 0 N–H and O–H groups in total. The fraction of sp³-hybridized carbons (Fsp3) is 0.538. The van der Waals surface area contributed by atoms with Crippen molar-refractivity contribution in [2.75, 3.05) is 40.3 Å². The molecular formula is C13H19ClFN3O2S. The van der Waals surface area contributed by atoms with E-state index >= 15 is 0 Å². The van der Waals surface area contributed by atoms with Crippen LogP contribution < -0.4 is 0 Å². The van der Waals surface area contributed by atoms with E-state index in [-0.39, 0.29) is 5.82 Å². The Hall–Kier alpha value is -0.730. The zero-order valence-electron chi connectivity index (χ0n) is 12.1. The summed E-state index contributed by atoms with van der Waals surface area (Å²) in [5.41, 5.74) is 0.461. The maximum atomic E-state index is 13.8. The largest absolute Gasteiger partial charge is 0.296 e. The number of benzene rings is 1. The topological polar surface area (TPSA) is 43.9 Å². The molecule has 1 aliphatic rings. The van der Waals surface area contributed by atoms with E-state index in [0.29, 0.717) is 43.3 Å². The first-order chi connectivity index (χ1) is 9.82. The first kappa shape index (κ1) is 16.6. The molecule has 8 heteroatoms. The lowest BCUT2D eigenvalue weighted by Gasteiger charge is -2.35. The molecule has 1 saturated heterocycles. The summed E-state index contributed by atoms with van der Waals surface area (Å²) in [4.78, 5) is 2.01. The number of rotatable bonds is 4. The maximum absolute atomic E-state index is 13.8. The molecule has 0 bridgehead atoms. The molecule has 21 heavy (non-hydrogen) atoms. The summed E-state index contributed by atoms with van der Waals surface area (Å²) in [6, 6.07) is 4.61. The van der Waals surface area contributed by atoms with Gasteiger partial charge < -0.3 is 0 Å². The van der Waals surface area contributed by atoms with Crippen LogP contribution in [0.4, 0.5) is 4.39 Å². The Morgan fingerprint density at radius 2 is 1.86 bits per heavy atom. The van der Waals surface area contributed by atoms with Gasteiger partial charge in [-0.15, -0.1) is 0 Å². The van der Waals surface area contributed by atoms with Gasteiger partial charge in [0.25, 0.3) is 10.2 Å². The molecule has 0 atom stereocenters. The van der Waals surface area contributed by atoms with Crippen LogP contribution in [0.2, 0.25) is 5.02 Å². The first-order valence-electron chi connectivity index (χ1n) is 6.65. The van der Waals surface area contributed by atoms with Crippen molar-refractivity contribution in [2.24, 2.45) is 0 Å². The Balaban J connectivity index is 1.99. The number of hydrogen-bond acceptors (Lipinski definition) is 3. The highest BCUT2D eigenvalue weighted by Crippen LogP contribution is 2.21. The minimum atomic E-state index is -3.37. The van der Waals surface area contributed by atoms with Crippen LogP contribution in [0.5, 0.6) is 0 Å². The SMILES string of the molecule is CN(C)S(=O)(=O)N1CCN(Cc2c(F)cccc2Cl)CC1. The van der Waals surface area contributed by atoms with Gasteiger partial charge in [-0.3, -0.25) is 4.90 Å². The fourth-order valence-corrected chi connectivity index (χ4v) is 3.57. The van der Waals surface area contributed by atoms with E-state index < -0.39 is 10.2 Å². The van der Waals surface area contributed by atoms with E-state index in [1.165, 1.54) is 28.8 Å². The smallest absolute Gasteiger partial charge is 0.281 e. The highest BCUT2D eigenvalue weighted by molar-refractivity contribution is 7.86. The van der Waals surface area contributed by atoms with Crippen LogP contribution in [-0.2, 0) is 16.8 Å². The molecule has 1 aliphatic heterocycles. The lowest BCUT2D eigenvalue weighted by molar-refractivity contribution is 0.175. The summed E-state index contributed by atoms with van der Waals surface area (Å²) in [5.74, 6) is -0.328. The van der Waals surface area contributed by atoms with Gasteiger partial charge in [-0.1, -0.05) is 17.7 Å². The van der Waals surface area contributed by atoms with Gasteiger partial charge in [-0.05, 0) is 12.1 Å². The van der Waals surface area contributed by atoms with Crippen LogP contribution in [0.25, 0.3) is 0 Å². The van der Waals surface area contributed by atoms with Gasteiger partial charge >= 0.3 is 0 Å². The molecule has 1 aromatic rings. The molecule has 5 nitrogen and oxygen atoms in total. The number of piperazine rings is 1. The maximum Gasteiger partial charge on any atom is 0.281 e. The van der Waals surface area contributed by atoms with Gasteiger partial charge in [-0.2, -0.15) is 17.0 Å². The molecule has 2 rings (SSSR count). The Morgan fingerprint density at radius 3 is 2.38 bits per heavy atom. The monoisotopic (exact) mass is 335 g/mol. The zero-order chi connectivity index (χ0) is 15.6. The van der Waals surface area contributed by atoms with Gasteiger partial charge in [-0.25, -0.2) is 4.39 Å². The third kappa shape index (κ3) is 3.73. The Bertz CT molecular complexity index is 581. The van der Waals surface area contributed by atoms with E-state index in [2.05, 4.69) is 0 Å². The molecule has 0 unspecified atom stereocenters. The molecule has 1 aromatic carbocycles. The van der Waals surface area contributed by atoms with Crippen LogP contribution in [0.3, 0.4) is 0 Å². The van der Waals surface area contributed by atoms with Crippen LogP contribution in [0.15, 0.2) is 18.2 Å². The van der Waals surface area contributed by atoms with Crippen molar-refractivity contribution >= 4 is 21.8 Å². The highest BCUT2D eigenvalue weighted by atomic mass is 35.5. The molecular weight excluding hydrogens is 317 g/mol. The van der Waals surface area contributed by atoms with Crippen molar-refractivity contribution in [3.63, 3.8) is 0 Å². The van der Waals surface area contributed by atoms with E-state index in [1.807, 2.05) is 4.90 Å². The number of nitrogens with zero attached hydrogens (tertiary/aromatic N) is 3. The summed E-state index contributed by atoms with van der Waals surface area (Å²) >= 11 is 6.01. The minimum absolute atomic E-state index is 0.328. The number of hydrogen-bond donors (Lipinski definition) is 0. The lowest BCUT2D eigenvalue weighted by Crippen LogP contribution is -2.51. The van der Waals surface area contributed by atoms with E-state index in [4.69, 9.17) is 11.6 Å². The zero-order valence-corrected chi connectivity index (χ0v) is 13.7. The van der Waals surface area contributed by atoms with Crippen molar-refractivity contribution in [1.82, 2.24) is 13.5 Å². The summed E-state index contributed by atoms with van der Waals surface area (Å²) in [5, 5.41) is 0.401. The third-order valence-electron chi connectivity index (χ3n) is 3.56. The Morgan fingerprint density at radius 1 is 1.24 bits per heavy atom. The molecule has 1 heterocycles. The predicted molar refractivity (Wildman–Crippen MR) is 80.9 cm³/mol. The quantitative estimate of drug-likeness (QED) is 0.835. The Kier molecular flexibility index (Phi) is 5.21. The second-order valence-corrected chi connectivity index (χ2v) is 7.72. The van der Waals surface area contributed by atoms with Crippen molar-refractivity contribution in [3.8, 4) is 0 Å². The van der Waals surface area contributed by atoms with Crippen LogP contribution in [-0.4, -0.2) is 62.2 Å². The van der Waals surface area contributed by atoms with Crippen LogP contribution >= 0.6 is 11.6 Å². The normalized spacial score (nSPS) is 18.3. The average molecular weight is 336 g/mol. The fourth-order valence-electron chi connectivity index (χ4n) is 2.26. The van der Waals surface area contributed by atoms with Crippen molar-refractivity contribution < 1.29 is 12.8 Å². The summed E-state index contributed by atoms with van der Waals surface area (Å²) < 4.78 is 40.4. The van der Waals surface area contributed by atoms with Crippen molar-refractivity contribution in [3.05, 3.63) is 34.6 Å². The molecule has 0 amide bonds. The molecule has 1 fully saturated rings. The van der Waals surface area contributed by atoms with E-state index in [0.717, 1.165) is 0 Å². The molecule has 118 valence electrons. The molecule has 0 aromatic heterocycles. The van der Waals surface area contributed by atoms with E-state index in [9.17, 15) is 12.8 Å². The lowest BCUT2D eigenvalue weighted by atomic mass is 10.2. The standard InChI is InChI=1S/C13H19ClFN3O2S/c1-16(2)21(19,20)18-8-6-17(7-9-18)10-11-12(14)4-3-5-13(11)15/h3-5H,6-10H2,1-2H3. The third-order valence-corrected chi connectivity index (χ3v) is 5.86. The number of halogens is 2. The summed E-state index contributed by atoms with van der Waals surface area (Å²) in [6.45, 7) is 2.29. The van der Waals surface area contributed by atoms with Gasteiger partial charge in [0, 0.05) is 57.4 Å². The van der Waals surface area contributed by atoms with Gasteiger partial charge in [0.15, 0.2) is 0 Å². The second-order valence-electron chi connectivity index (χ2n) is 5.17. The average Bonchev–Trinajstić information content (AvgIpc) is 2.43. The highest BCUT2D eigenvalue weighted by Gasteiger charge is 2.28. The van der Waals surface area contributed by atoms with Crippen molar-refractivity contribution in [1.29, 1.82) is 0 Å². The molecule has 0 radical (unpaired) electrons.